The van der Waals surface area contributed by atoms with Gasteiger partial charge in [-0.05, 0) is 42.7 Å². The van der Waals surface area contributed by atoms with Crippen molar-refractivity contribution in [2.24, 2.45) is 5.92 Å². The summed E-state index contributed by atoms with van der Waals surface area (Å²) in [6.07, 6.45) is 2.08. The van der Waals surface area contributed by atoms with Crippen molar-refractivity contribution in [2.45, 2.75) is 37.9 Å². The van der Waals surface area contributed by atoms with Gasteiger partial charge in [-0.3, -0.25) is 9.69 Å². The van der Waals surface area contributed by atoms with Crippen LogP contribution in [-0.2, 0) is 16.1 Å². The maximum Gasteiger partial charge on any atom is 0.139 e. The van der Waals surface area contributed by atoms with Crippen LogP contribution in [0.1, 0.15) is 24.8 Å². The Balaban J connectivity index is 1.30. The molecule has 4 rings (SSSR count). The number of morpholine rings is 1. The van der Waals surface area contributed by atoms with Crippen molar-refractivity contribution in [1.29, 1.82) is 0 Å². The van der Waals surface area contributed by atoms with Gasteiger partial charge in [-0.15, -0.1) is 0 Å². The van der Waals surface area contributed by atoms with Gasteiger partial charge in [0.1, 0.15) is 17.3 Å². The Morgan fingerprint density at radius 1 is 1.04 bits per heavy atom. The molecule has 2 atom stereocenters. The molecule has 0 aromatic heterocycles. The van der Waals surface area contributed by atoms with Gasteiger partial charge in [0.15, 0.2) is 0 Å². The molecule has 0 aliphatic carbocycles. The second kappa shape index (κ2) is 8.84. The fourth-order valence-electron chi connectivity index (χ4n) is 4.31. The summed E-state index contributed by atoms with van der Waals surface area (Å²) in [5, 5.41) is 0. The van der Waals surface area contributed by atoms with Crippen molar-refractivity contribution in [2.75, 3.05) is 19.8 Å². The molecule has 0 spiro atoms. The van der Waals surface area contributed by atoms with E-state index in [9.17, 15) is 9.18 Å². The predicted octanol–water partition coefficient (Wildman–Crippen LogP) is 3.84. The third-order valence-electron chi connectivity index (χ3n) is 5.77. The van der Waals surface area contributed by atoms with Gasteiger partial charge in [-0.1, -0.05) is 30.3 Å². The van der Waals surface area contributed by atoms with Crippen LogP contribution in [0.15, 0.2) is 54.6 Å². The number of hydrogen-bond donors (Lipinski definition) is 0. The standard InChI is InChI=1S/C23H26FNO3/c24-19-6-8-22(9-7-19)28-11-10-23(26)18-12-20-15-27-16-21(13-18)25(20)14-17-4-2-1-3-5-17/h1-9,18,20-21H,10-16H2. The van der Waals surface area contributed by atoms with Crippen LogP contribution in [0.4, 0.5) is 4.39 Å². The molecule has 5 heteroatoms. The number of ketones is 1. The number of rotatable bonds is 7. The van der Waals surface area contributed by atoms with E-state index in [0.29, 0.717) is 44.1 Å². The summed E-state index contributed by atoms with van der Waals surface area (Å²) >= 11 is 0. The number of carbonyl (C=O) groups excluding carboxylic acids is 1. The average molecular weight is 383 g/mol. The molecule has 2 aromatic carbocycles. The lowest BCUT2D eigenvalue weighted by Gasteiger charge is -2.48. The van der Waals surface area contributed by atoms with E-state index in [1.54, 1.807) is 12.1 Å². The first-order chi connectivity index (χ1) is 13.7. The number of Topliss-reactive ketones (excluding diaryl/α,β-unsaturated/α-hetero) is 1. The molecule has 0 saturated carbocycles. The smallest absolute Gasteiger partial charge is 0.139 e. The van der Waals surface area contributed by atoms with Crippen LogP contribution in [0.2, 0.25) is 0 Å². The van der Waals surface area contributed by atoms with Gasteiger partial charge in [-0.2, -0.15) is 0 Å². The summed E-state index contributed by atoms with van der Waals surface area (Å²) in [6, 6.07) is 17.0. The minimum atomic E-state index is -0.292. The predicted molar refractivity (Wildman–Crippen MR) is 105 cm³/mol. The molecule has 2 heterocycles. The summed E-state index contributed by atoms with van der Waals surface area (Å²) < 4.78 is 24.3. The third-order valence-corrected chi connectivity index (χ3v) is 5.77. The van der Waals surface area contributed by atoms with E-state index in [0.717, 1.165) is 19.4 Å². The normalized spacial score (nSPS) is 24.7. The van der Waals surface area contributed by atoms with E-state index in [1.807, 2.05) is 6.07 Å². The Bertz CT molecular complexity index is 766. The van der Waals surface area contributed by atoms with Crippen LogP contribution in [0.3, 0.4) is 0 Å². The van der Waals surface area contributed by atoms with Crippen molar-refractivity contribution in [1.82, 2.24) is 4.90 Å². The Kier molecular flexibility index (Phi) is 6.03. The summed E-state index contributed by atoms with van der Waals surface area (Å²) in [4.78, 5) is 15.3. The van der Waals surface area contributed by atoms with Crippen LogP contribution >= 0.6 is 0 Å². The zero-order valence-corrected chi connectivity index (χ0v) is 15.9. The number of hydrogen-bond acceptors (Lipinski definition) is 4. The van der Waals surface area contributed by atoms with Crippen LogP contribution in [0, 0.1) is 11.7 Å². The lowest BCUT2D eigenvalue weighted by Crippen LogP contribution is -2.57. The molecule has 0 N–H and O–H groups in total. The summed E-state index contributed by atoms with van der Waals surface area (Å²) in [5.41, 5.74) is 1.30. The van der Waals surface area contributed by atoms with E-state index in [4.69, 9.17) is 9.47 Å². The van der Waals surface area contributed by atoms with Gasteiger partial charge in [0.05, 0.1) is 19.8 Å². The Morgan fingerprint density at radius 3 is 2.39 bits per heavy atom. The van der Waals surface area contributed by atoms with Gasteiger partial charge in [0.2, 0.25) is 0 Å². The topological polar surface area (TPSA) is 38.8 Å². The fourth-order valence-corrected chi connectivity index (χ4v) is 4.31. The molecule has 2 unspecified atom stereocenters. The Labute approximate surface area is 165 Å². The number of carbonyl (C=O) groups is 1. The molecule has 2 saturated heterocycles. The number of fused-ring (bicyclic) bond motifs is 2. The van der Waals surface area contributed by atoms with Gasteiger partial charge in [0.25, 0.3) is 0 Å². The molecular formula is C23H26FNO3. The molecule has 2 aliphatic rings. The zero-order valence-electron chi connectivity index (χ0n) is 15.9. The molecule has 4 nitrogen and oxygen atoms in total. The van der Waals surface area contributed by atoms with E-state index < -0.39 is 0 Å². The minimum absolute atomic E-state index is 0.0720. The summed E-state index contributed by atoms with van der Waals surface area (Å²) in [6.45, 7) is 2.63. The van der Waals surface area contributed by atoms with Crippen LogP contribution < -0.4 is 4.74 Å². The van der Waals surface area contributed by atoms with E-state index in [2.05, 4.69) is 29.2 Å². The van der Waals surface area contributed by atoms with Crippen molar-refractivity contribution in [3.8, 4) is 5.75 Å². The summed E-state index contributed by atoms with van der Waals surface area (Å²) in [7, 11) is 0. The first kappa shape index (κ1) is 19.1. The molecule has 0 radical (unpaired) electrons. The lowest BCUT2D eigenvalue weighted by molar-refractivity contribution is -0.134. The molecule has 2 aliphatic heterocycles. The highest BCUT2D eigenvalue weighted by Crippen LogP contribution is 2.33. The van der Waals surface area contributed by atoms with Gasteiger partial charge >= 0.3 is 0 Å². The SMILES string of the molecule is O=C(CCOc1ccc(F)cc1)C1CC2COCC(C1)N2Cc1ccccc1. The Morgan fingerprint density at radius 2 is 1.71 bits per heavy atom. The fraction of sp³-hybridized carbons (Fsp3) is 0.435. The first-order valence-electron chi connectivity index (χ1n) is 9.97. The van der Waals surface area contributed by atoms with E-state index in [1.165, 1.54) is 17.7 Å². The maximum atomic E-state index is 12.9. The molecule has 148 valence electrons. The highest BCUT2D eigenvalue weighted by atomic mass is 19.1. The van der Waals surface area contributed by atoms with Crippen molar-refractivity contribution in [3.05, 3.63) is 66.0 Å². The number of ether oxygens (including phenoxy) is 2. The second-order valence-electron chi connectivity index (χ2n) is 7.69. The van der Waals surface area contributed by atoms with Crippen LogP contribution in [0.5, 0.6) is 5.75 Å². The Hall–Kier alpha value is -2.24. The van der Waals surface area contributed by atoms with Crippen LogP contribution in [0.25, 0.3) is 0 Å². The molecule has 2 aromatic rings. The number of benzene rings is 2. The van der Waals surface area contributed by atoms with Crippen molar-refractivity contribution in [3.63, 3.8) is 0 Å². The first-order valence-corrected chi connectivity index (χ1v) is 9.97. The largest absolute Gasteiger partial charge is 0.493 e. The quantitative estimate of drug-likeness (QED) is 0.728. The number of nitrogens with zero attached hydrogens (tertiary/aromatic N) is 1. The van der Waals surface area contributed by atoms with E-state index >= 15 is 0 Å². The number of halogens is 1. The maximum absolute atomic E-state index is 12.9. The van der Waals surface area contributed by atoms with E-state index in [-0.39, 0.29) is 17.5 Å². The highest BCUT2D eigenvalue weighted by Gasteiger charge is 2.40. The van der Waals surface area contributed by atoms with Gasteiger partial charge in [0, 0.05) is 31.0 Å². The molecule has 28 heavy (non-hydrogen) atoms. The molecular weight excluding hydrogens is 357 g/mol. The molecule has 2 bridgehead atoms. The second-order valence-corrected chi connectivity index (χ2v) is 7.69. The van der Waals surface area contributed by atoms with Crippen LogP contribution in [-0.4, -0.2) is 42.6 Å². The lowest BCUT2D eigenvalue weighted by atomic mass is 9.81. The third kappa shape index (κ3) is 4.59. The van der Waals surface area contributed by atoms with Gasteiger partial charge in [-0.25, -0.2) is 4.39 Å². The van der Waals surface area contributed by atoms with Gasteiger partial charge < -0.3 is 9.47 Å². The summed E-state index contributed by atoms with van der Waals surface area (Å²) in [5.74, 6) is 0.637. The average Bonchev–Trinajstić information content (AvgIpc) is 2.70. The highest BCUT2D eigenvalue weighted by molar-refractivity contribution is 5.81. The van der Waals surface area contributed by atoms with Crippen molar-refractivity contribution >= 4 is 5.78 Å². The molecule has 0 amide bonds. The number of piperidine rings is 1. The monoisotopic (exact) mass is 383 g/mol. The van der Waals surface area contributed by atoms with Crippen molar-refractivity contribution < 1.29 is 18.7 Å². The minimum Gasteiger partial charge on any atom is -0.493 e. The zero-order chi connectivity index (χ0) is 19.3. The molecule has 2 fully saturated rings.